The molecule has 138 valence electrons. The maximum atomic E-state index is 10.7. The molecule has 0 aliphatic rings. The Bertz CT molecular complexity index is 889. The number of pyridine rings is 1. The van der Waals surface area contributed by atoms with Gasteiger partial charge in [-0.2, -0.15) is 0 Å². The van der Waals surface area contributed by atoms with E-state index in [1.807, 2.05) is 50.8 Å². The van der Waals surface area contributed by atoms with Crippen molar-refractivity contribution in [2.75, 3.05) is 25.6 Å². The maximum absolute atomic E-state index is 10.7. The summed E-state index contributed by atoms with van der Waals surface area (Å²) < 4.78 is 7.89. The van der Waals surface area contributed by atoms with Crippen LogP contribution in [0.5, 0.6) is 5.75 Å². The van der Waals surface area contributed by atoms with Crippen LogP contribution in [0.1, 0.15) is 0 Å². The lowest BCUT2D eigenvalue weighted by molar-refractivity contribution is -0.697. The molecule has 6 heteroatoms. The van der Waals surface area contributed by atoms with E-state index >= 15 is 0 Å². The number of nitro groups is 1. The monoisotopic (exact) mass is 364 g/mol. The molecule has 0 saturated heterocycles. The predicted molar refractivity (Wildman–Crippen MR) is 105 cm³/mol. The SMILES string of the molecule is CN(C)c1cc[n+](CCOc2ccc(-c3ccc([N+](=O)[O-])cc3)cc2)cc1. The van der Waals surface area contributed by atoms with Crippen LogP contribution in [-0.4, -0.2) is 25.6 Å². The number of ether oxygens (including phenoxy) is 1. The van der Waals surface area contributed by atoms with Gasteiger partial charge < -0.3 is 9.64 Å². The van der Waals surface area contributed by atoms with Crippen molar-refractivity contribution < 1.29 is 14.2 Å². The highest BCUT2D eigenvalue weighted by molar-refractivity contribution is 5.65. The van der Waals surface area contributed by atoms with Gasteiger partial charge in [0.1, 0.15) is 12.4 Å². The molecule has 0 amide bonds. The number of non-ortho nitro benzene ring substituents is 1. The van der Waals surface area contributed by atoms with Gasteiger partial charge in [0.05, 0.1) is 4.92 Å². The van der Waals surface area contributed by atoms with E-state index in [0.29, 0.717) is 6.61 Å². The summed E-state index contributed by atoms with van der Waals surface area (Å²) in [7, 11) is 4.03. The molecule has 3 rings (SSSR count). The first-order valence-corrected chi connectivity index (χ1v) is 8.67. The summed E-state index contributed by atoms with van der Waals surface area (Å²) in [6, 6.07) is 18.4. The molecule has 0 spiro atoms. The van der Waals surface area contributed by atoms with E-state index in [1.54, 1.807) is 12.1 Å². The molecule has 0 unspecified atom stereocenters. The van der Waals surface area contributed by atoms with E-state index in [4.69, 9.17) is 4.74 Å². The van der Waals surface area contributed by atoms with Gasteiger partial charge in [-0.25, -0.2) is 4.57 Å². The Morgan fingerprint density at radius 3 is 2.00 bits per heavy atom. The van der Waals surface area contributed by atoms with E-state index in [9.17, 15) is 10.1 Å². The van der Waals surface area contributed by atoms with Crippen molar-refractivity contribution >= 4 is 11.4 Å². The van der Waals surface area contributed by atoms with Crippen LogP contribution in [0.4, 0.5) is 11.4 Å². The Morgan fingerprint density at radius 2 is 1.48 bits per heavy atom. The van der Waals surface area contributed by atoms with Crippen molar-refractivity contribution in [1.82, 2.24) is 0 Å². The third-order valence-corrected chi connectivity index (χ3v) is 4.27. The summed E-state index contributed by atoms with van der Waals surface area (Å²) in [5.74, 6) is 0.797. The van der Waals surface area contributed by atoms with Crippen molar-refractivity contribution in [2.45, 2.75) is 6.54 Å². The molecule has 2 aromatic carbocycles. The molecule has 0 radical (unpaired) electrons. The second kappa shape index (κ2) is 8.31. The van der Waals surface area contributed by atoms with Crippen LogP contribution in [0.2, 0.25) is 0 Å². The van der Waals surface area contributed by atoms with Crippen LogP contribution in [0.15, 0.2) is 73.1 Å². The van der Waals surface area contributed by atoms with Gasteiger partial charge in [0.15, 0.2) is 18.9 Å². The summed E-state index contributed by atoms with van der Waals surface area (Å²) in [6.07, 6.45) is 4.08. The standard InChI is InChI=1S/C21H22N3O3/c1-22(2)19-11-13-23(14-12-19)15-16-27-21-9-5-18(6-10-21)17-3-7-20(8-4-17)24(25)26/h3-14H,15-16H2,1-2H3/q+1. The average molecular weight is 364 g/mol. The molecule has 0 saturated carbocycles. The van der Waals surface area contributed by atoms with Crippen LogP contribution in [0, 0.1) is 10.1 Å². The van der Waals surface area contributed by atoms with Gasteiger partial charge in [0, 0.05) is 44.0 Å². The van der Waals surface area contributed by atoms with Crippen LogP contribution in [-0.2, 0) is 6.54 Å². The Labute approximate surface area is 158 Å². The van der Waals surface area contributed by atoms with E-state index in [1.165, 1.54) is 12.1 Å². The zero-order chi connectivity index (χ0) is 19.2. The molecule has 6 nitrogen and oxygen atoms in total. The molecular weight excluding hydrogens is 342 g/mol. The van der Waals surface area contributed by atoms with Crippen LogP contribution >= 0.6 is 0 Å². The zero-order valence-corrected chi connectivity index (χ0v) is 15.4. The lowest BCUT2D eigenvalue weighted by Gasteiger charge is -2.10. The summed E-state index contributed by atoms with van der Waals surface area (Å²) >= 11 is 0. The Kier molecular flexibility index (Phi) is 5.66. The smallest absolute Gasteiger partial charge is 0.269 e. The Hall–Kier alpha value is -3.41. The minimum absolute atomic E-state index is 0.0924. The number of anilines is 1. The third-order valence-electron chi connectivity index (χ3n) is 4.27. The number of benzene rings is 2. The number of hydrogen-bond donors (Lipinski definition) is 0. The maximum Gasteiger partial charge on any atom is 0.269 e. The second-order valence-corrected chi connectivity index (χ2v) is 6.37. The molecule has 0 N–H and O–H groups in total. The molecule has 0 bridgehead atoms. The summed E-state index contributed by atoms with van der Waals surface area (Å²) in [6.45, 7) is 1.33. The number of nitro benzene ring substituents is 1. The van der Waals surface area contributed by atoms with Crippen LogP contribution in [0.3, 0.4) is 0 Å². The third kappa shape index (κ3) is 4.82. The van der Waals surface area contributed by atoms with Crippen LogP contribution < -0.4 is 14.2 Å². The molecular formula is C21H22N3O3+. The van der Waals surface area contributed by atoms with Gasteiger partial charge >= 0.3 is 0 Å². The van der Waals surface area contributed by atoms with E-state index in [0.717, 1.165) is 29.1 Å². The van der Waals surface area contributed by atoms with Crippen LogP contribution in [0.25, 0.3) is 11.1 Å². The lowest BCUT2D eigenvalue weighted by Crippen LogP contribution is -2.35. The first-order chi connectivity index (χ1) is 13.0. The largest absolute Gasteiger partial charge is 0.487 e. The van der Waals surface area contributed by atoms with Crippen molar-refractivity contribution in [3.05, 3.63) is 83.2 Å². The molecule has 0 fully saturated rings. The first-order valence-electron chi connectivity index (χ1n) is 8.67. The molecule has 3 aromatic rings. The Balaban J connectivity index is 1.55. The molecule has 0 aliphatic heterocycles. The summed E-state index contributed by atoms with van der Waals surface area (Å²) in [5.41, 5.74) is 3.18. The number of nitrogens with zero attached hydrogens (tertiary/aromatic N) is 3. The van der Waals surface area contributed by atoms with Crippen molar-refractivity contribution in [3.63, 3.8) is 0 Å². The molecule has 0 aliphatic carbocycles. The Morgan fingerprint density at radius 1 is 0.926 bits per heavy atom. The van der Waals surface area contributed by atoms with Crippen molar-refractivity contribution in [2.24, 2.45) is 0 Å². The van der Waals surface area contributed by atoms with Crippen molar-refractivity contribution in [3.8, 4) is 16.9 Å². The summed E-state index contributed by atoms with van der Waals surface area (Å²) in [4.78, 5) is 12.4. The average Bonchev–Trinajstić information content (AvgIpc) is 2.69. The molecule has 1 heterocycles. The highest BCUT2D eigenvalue weighted by Crippen LogP contribution is 2.24. The zero-order valence-electron chi connectivity index (χ0n) is 15.4. The van der Waals surface area contributed by atoms with E-state index < -0.39 is 4.92 Å². The van der Waals surface area contributed by atoms with Gasteiger partial charge in [-0.05, 0) is 35.4 Å². The van der Waals surface area contributed by atoms with Gasteiger partial charge in [0.25, 0.3) is 5.69 Å². The van der Waals surface area contributed by atoms with Gasteiger partial charge in [-0.3, -0.25) is 10.1 Å². The normalized spacial score (nSPS) is 10.4. The highest BCUT2D eigenvalue weighted by Gasteiger charge is 2.06. The fourth-order valence-corrected chi connectivity index (χ4v) is 2.68. The first kappa shape index (κ1) is 18.4. The van der Waals surface area contributed by atoms with Gasteiger partial charge in [-0.15, -0.1) is 0 Å². The number of hydrogen-bond acceptors (Lipinski definition) is 4. The minimum atomic E-state index is -0.396. The quantitative estimate of drug-likeness (QED) is 0.364. The lowest BCUT2D eigenvalue weighted by atomic mass is 10.1. The number of rotatable bonds is 7. The predicted octanol–water partition coefficient (Wildman–Crippen LogP) is 3.69. The fraction of sp³-hybridized carbons (Fsp3) is 0.190. The highest BCUT2D eigenvalue weighted by atomic mass is 16.6. The minimum Gasteiger partial charge on any atom is -0.487 e. The second-order valence-electron chi connectivity index (χ2n) is 6.37. The van der Waals surface area contributed by atoms with E-state index in [2.05, 4.69) is 21.6 Å². The fourth-order valence-electron chi connectivity index (χ4n) is 2.68. The summed E-state index contributed by atoms with van der Waals surface area (Å²) in [5, 5.41) is 10.7. The van der Waals surface area contributed by atoms with Crippen molar-refractivity contribution in [1.29, 1.82) is 0 Å². The number of aromatic nitrogens is 1. The molecule has 0 atom stereocenters. The topological polar surface area (TPSA) is 59.5 Å². The van der Waals surface area contributed by atoms with E-state index in [-0.39, 0.29) is 5.69 Å². The van der Waals surface area contributed by atoms with Gasteiger partial charge in [0.2, 0.25) is 0 Å². The molecule has 1 aromatic heterocycles. The van der Waals surface area contributed by atoms with Gasteiger partial charge in [-0.1, -0.05) is 12.1 Å². The molecule has 27 heavy (non-hydrogen) atoms.